The van der Waals surface area contributed by atoms with Crippen LogP contribution in [-0.4, -0.2) is 74.2 Å². The summed E-state index contributed by atoms with van der Waals surface area (Å²) in [7, 11) is 7.73. The van der Waals surface area contributed by atoms with Crippen molar-refractivity contribution < 1.29 is 9.21 Å². The number of carbonyl (C=O) groups excluding carboxylic acids is 1. The molecule has 8 nitrogen and oxygen atoms in total. The Morgan fingerprint density at radius 3 is 2.46 bits per heavy atom. The number of nitriles is 1. The first-order valence-corrected chi connectivity index (χ1v) is 12.2. The molecule has 1 aromatic heterocycles. The van der Waals surface area contributed by atoms with E-state index in [9.17, 15) is 10.1 Å². The molecule has 2 saturated heterocycles. The Balaban J connectivity index is 1.76. The van der Waals surface area contributed by atoms with Crippen molar-refractivity contribution in [3.05, 3.63) is 41.5 Å². The minimum absolute atomic E-state index is 0.0348. The van der Waals surface area contributed by atoms with Gasteiger partial charge in [0.05, 0.1) is 17.4 Å². The number of oxazole rings is 1. The highest BCUT2D eigenvalue weighted by atomic mass is 16.4. The Morgan fingerprint density at radius 1 is 1.11 bits per heavy atom. The highest BCUT2D eigenvalue weighted by Gasteiger charge is 2.40. The quantitative estimate of drug-likeness (QED) is 0.558. The number of anilines is 2. The number of nitrogens with zero attached hydrogens (tertiary/aromatic N) is 6. The number of rotatable bonds is 5. The maximum Gasteiger partial charge on any atom is 0.299 e. The third kappa shape index (κ3) is 3.71. The van der Waals surface area contributed by atoms with Crippen molar-refractivity contribution in [3.8, 4) is 17.2 Å². The van der Waals surface area contributed by atoms with E-state index in [0.717, 1.165) is 48.2 Å². The molecule has 3 heterocycles. The zero-order chi connectivity index (χ0) is 24.9. The van der Waals surface area contributed by atoms with Crippen LogP contribution in [0.15, 0.2) is 34.7 Å². The van der Waals surface area contributed by atoms with Crippen LogP contribution in [0.2, 0.25) is 0 Å². The van der Waals surface area contributed by atoms with Gasteiger partial charge in [-0.3, -0.25) is 9.69 Å². The molecule has 0 bridgehead atoms. The Kier molecular flexibility index (Phi) is 5.89. The lowest BCUT2D eigenvalue weighted by Crippen LogP contribution is -2.56. The molecule has 0 aliphatic carbocycles. The maximum absolute atomic E-state index is 12.7. The number of fused-ring (bicyclic) bond motifs is 1. The summed E-state index contributed by atoms with van der Waals surface area (Å²) in [6, 6.07) is 12.7. The fraction of sp³-hybridized carbons (Fsp3) is 0.444. The molecule has 1 amide bonds. The van der Waals surface area contributed by atoms with Crippen LogP contribution in [0.1, 0.15) is 30.4 Å². The molecule has 2 aliphatic heterocycles. The zero-order valence-corrected chi connectivity index (χ0v) is 21.1. The van der Waals surface area contributed by atoms with E-state index in [1.54, 1.807) is 19.0 Å². The van der Waals surface area contributed by atoms with Crippen LogP contribution in [0.25, 0.3) is 22.2 Å². The van der Waals surface area contributed by atoms with Gasteiger partial charge in [-0.05, 0) is 51.4 Å². The molecule has 0 N–H and O–H groups in total. The molecule has 5 rings (SSSR count). The molecule has 2 aromatic carbocycles. The van der Waals surface area contributed by atoms with Crippen molar-refractivity contribution in [2.45, 2.75) is 38.4 Å². The summed E-state index contributed by atoms with van der Waals surface area (Å²) in [5.74, 6) is 0.0348. The molecule has 2 fully saturated rings. The third-order valence-electron chi connectivity index (χ3n) is 7.32. The monoisotopic (exact) mass is 472 g/mol. The Bertz CT molecular complexity index is 1310. The molecule has 35 heavy (non-hydrogen) atoms. The highest BCUT2D eigenvalue weighted by molar-refractivity contribution is 6.03. The van der Waals surface area contributed by atoms with E-state index in [1.165, 1.54) is 0 Å². The molecule has 8 heteroatoms. The topological polar surface area (TPSA) is 79.8 Å². The second kappa shape index (κ2) is 8.90. The van der Waals surface area contributed by atoms with Crippen LogP contribution < -0.4 is 9.80 Å². The van der Waals surface area contributed by atoms with Gasteiger partial charge in [-0.2, -0.15) is 10.2 Å². The summed E-state index contributed by atoms with van der Waals surface area (Å²) in [6.07, 6.45) is 3.10. The summed E-state index contributed by atoms with van der Waals surface area (Å²) >= 11 is 0. The predicted molar refractivity (Wildman–Crippen MR) is 137 cm³/mol. The molecule has 3 aromatic rings. The summed E-state index contributed by atoms with van der Waals surface area (Å²) in [4.78, 5) is 25.7. The average Bonchev–Trinajstić information content (AvgIpc) is 3.46. The molecule has 2 aliphatic rings. The SMILES string of the molecule is Cc1c(-c2ccccc2)c(N2CCCC2N(C)C)c2oc(N3CCC3C(=O)N(C)C)nc2c1C#N. The number of benzene rings is 2. The molecule has 0 spiro atoms. The van der Waals surface area contributed by atoms with Gasteiger partial charge in [0.1, 0.15) is 17.6 Å². The molecule has 182 valence electrons. The van der Waals surface area contributed by atoms with Crippen molar-refractivity contribution in [2.75, 3.05) is 51.1 Å². The fourth-order valence-electron chi connectivity index (χ4n) is 5.44. The van der Waals surface area contributed by atoms with Crippen LogP contribution in [0.5, 0.6) is 0 Å². The molecular formula is C27H32N6O2. The number of amides is 1. The van der Waals surface area contributed by atoms with E-state index >= 15 is 0 Å². The Morgan fingerprint density at radius 2 is 1.86 bits per heavy atom. The van der Waals surface area contributed by atoms with Gasteiger partial charge in [0, 0.05) is 32.7 Å². The molecule has 2 unspecified atom stereocenters. The van der Waals surface area contributed by atoms with E-state index in [1.807, 2.05) is 30.0 Å². The first kappa shape index (κ1) is 23.2. The van der Waals surface area contributed by atoms with Crippen LogP contribution in [-0.2, 0) is 4.79 Å². The summed E-state index contributed by atoms with van der Waals surface area (Å²) in [5, 5.41) is 10.2. The van der Waals surface area contributed by atoms with Crippen molar-refractivity contribution in [2.24, 2.45) is 0 Å². The lowest BCUT2D eigenvalue weighted by atomic mass is 9.93. The van der Waals surface area contributed by atoms with Gasteiger partial charge in [0.15, 0.2) is 5.58 Å². The van der Waals surface area contributed by atoms with Gasteiger partial charge in [-0.25, -0.2) is 0 Å². The van der Waals surface area contributed by atoms with Gasteiger partial charge in [-0.15, -0.1) is 0 Å². The number of likely N-dealkylation sites (N-methyl/N-ethyl adjacent to an activating group) is 1. The number of aromatic nitrogens is 1. The average molecular weight is 473 g/mol. The van der Waals surface area contributed by atoms with Gasteiger partial charge < -0.3 is 19.1 Å². The van der Waals surface area contributed by atoms with E-state index in [2.05, 4.69) is 42.1 Å². The van der Waals surface area contributed by atoms with Crippen LogP contribution >= 0.6 is 0 Å². The minimum atomic E-state index is -0.289. The highest BCUT2D eigenvalue weighted by Crippen LogP contribution is 2.46. The second-order valence-electron chi connectivity index (χ2n) is 9.89. The van der Waals surface area contributed by atoms with Crippen LogP contribution in [0.4, 0.5) is 11.7 Å². The maximum atomic E-state index is 12.7. The predicted octanol–water partition coefficient (Wildman–Crippen LogP) is 3.83. The lowest BCUT2D eigenvalue weighted by Gasteiger charge is -2.39. The lowest BCUT2D eigenvalue weighted by molar-refractivity contribution is -0.131. The van der Waals surface area contributed by atoms with Crippen LogP contribution in [0.3, 0.4) is 0 Å². The minimum Gasteiger partial charge on any atom is -0.421 e. The first-order chi connectivity index (χ1) is 16.8. The Labute approximate surface area is 206 Å². The Hall–Kier alpha value is -3.57. The number of hydrogen-bond donors (Lipinski definition) is 0. The summed E-state index contributed by atoms with van der Waals surface area (Å²) in [5.41, 5.74) is 5.65. The van der Waals surface area contributed by atoms with Crippen molar-refractivity contribution in [1.82, 2.24) is 14.8 Å². The normalized spacial score (nSPS) is 19.8. The van der Waals surface area contributed by atoms with Gasteiger partial charge >= 0.3 is 0 Å². The summed E-state index contributed by atoms with van der Waals surface area (Å²) < 4.78 is 6.50. The standard InChI is InChI=1S/C27H32N6O2/c1-17-19(16-28)23-25(35-27(29-23)32-15-13-20(32)26(34)31(4)5)24(22(17)18-10-7-6-8-11-18)33-14-9-12-21(33)30(2)3/h6-8,10-11,20-21H,9,12-15H2,1-5H3. The first-order valence-electron chi connectivity index (χ1n) is 12.2. The molecule has 0 radical (unpaired) electrons. The smallest absolute Gasteiger partial charge is 0.299 e. The van der Waals surface area contributed by atoms with Crippen LogP contribution in [0, 0.1) is 18.3 Å². The second-order valence-corrected chi connectivity index (χ2v) is 9.89. The van der Waals surface area contributed by atoms with Crippen molar-refractivity contribution >= 4 is 28.7 Å². The van der Waals surface area contributed by atoms with Gasteiger partial charge in [0.2, 0.25) is 5.91 Å². The van der Waals surface area contributed by atoms with E-state index < -0.39 is 0 Å². The summed E-state index contributed by atoms with van der Waals surface area (Å²) in [6.45, 7) is 3.59. The third-order valence-corrected chi connectivity index (χ3v) is 7.32. The van der Waals surface area contributed by atoms with Crippen molar-refractivity contribution in [3.63, 3.8) is 0 Å². The largest absolute Gasteiger partial charge is 0.421 e. The van der Waals surface area contributed by atoms with Gasteiger partial charge in [0.25, 0.3) is 6.01 Å². The zero-order valence-electron chi connectivity index (χ0n) is 21.1. The molecule has 2 atom stereocenters. The molecule has 0 saturated carbocycles. The number of hydrogen-bond acceptors (Lipinski definition) is 7. The van der Waals surface area contributed by atoms with E-state index in [0.29, 0.717) is 29.2 Å². The number of carbonyl (C=O) groups is 1. The van der Waals surface area contributed by atoms with Crippen molar-refractivity contribution in [1.29, 1.82) is 5.26 Å². The molecular weight excluding hydrogens is 440 g/mol. The van der Waals surface area contributed by atoms with Gasteiger partial charge in [-0.1, -0.05) is 30.3 Å². The fourth-order valence-corrected chi connectivity index (χ4v) is 5.44. The van der Waals surface area contributed by atoms with E-state index in [-0.39, 0.29) is 18.1 Å². The van der Waals surface area contributed by atoms with E-state index in [4.69, 9.17) is 9.40 Å².